The Labute approximate surface area is 129 Å². The first-order valence-electron chi connectivity index (χ1n) is 7.44. The summed E-state index contributed by atoms with van der Waals surface area (Å²) < 4.78 is 5.36. The third-order valence-electron chi connectivity index (χ3n) is 3.64. The SMILES string of the molecule is O=C(NCc1ccccc1)c1cccnc1N1CCOCC1. The number of nitrogens with one attached hydrogen (secondary N) is 1. The van der Waals surface area contributed by atoms with Crippen LogP contribution in [-0.4, -0.2) is 37.2 Å². The number of morpholine rings is 1. The van der Waals surface area contributed by atoms with Crippen LogP contribution in [0.15, 0.2) is 48.7 Å². The molecule has 1 fully saturated rings. The van der Waals surface area contributed by atoms with Gasteiger partial charge in [-0.1, -0.05) is 30.3 Å². The maximum atomic E-state index is 12.5. The lowest BCUT2D eigenvalue weighted by atomic mass is 10.2. The van der Waals surface area contributed by atoms with Gasteiger partial charge in [-0.15, -0.1) is 0 Å². The molecular weight excluding hydrogens is 278 g/mol. The number of rotatable bonds is 4. The van der Waals surface area contributed by atoms with E-state index >= 15 is 0 Å². The Morgan fingerprint density at radius 2 is 1.91 bits per heavy atom. The van der Waals surface area contributed by atoms with Crippen LogP contribution in [0.25, 0.3) is 0 Å². The maximum Gasteiger partial charge on any atom is 0.255 e. The van der Waals surface area contributed by atoms with Crippen LogP contribution in [-0.2, 0) is 11.3 Å². The molecule has 114 valence electrons. The molecule has 0 spiro atoms. The van der Waals surface area contributed by atoms with Crippen molar-refractivity contribution in [1.82, 2.24) is 10.3 Å². The summed E-state index contributed by atoms with van der Waals surface area (Å²) in [5.41, 5.74) is 1.69. The Morgan fingerprint density at radius 3 is 2.68 bits per heavy atom. The number of hydrogen-bond donors (Lipinski definition) is 1. The van der Waals surface area contributed by atoms with Gasteiger partial charge in [0.2, 0.25) is 0 Å². The smallest absolute Gasteiger partial charge is 0.255 e. The zero-order chi connectivity index (χ0) is 15.2. The fourth-order valence-corrected chi connectivity index (χ4v) is 2.47. The van der Waals surface area contributed by atoms with Crippen molar-refractivity contribution in [2.75, 3.05) is 31.2 Å². The number of aromatic nitrogens is 1. The lowest BCUT2D eigenvalue weighted by Gasteiger charge is -2.29. The summed E-state index contributed by atoms with van der Waals surface area (Å²) in [6.45, 7) is 3.37. The Balaban J connectivity index is 1.72. The predicted octanol–water partition coefficient (Wildman–Crippen LogP) is 1.85. The topological polar surface area (TPSA) is 54.5 Å². The number of carbonyl (C=O) groups excluding carboxylic acids is 1. The van der Waals surface area contributed by atoms with E-state index in [2.05, 4.69) is 15.2 Å². The largest absolute Gasteiger partial charge is 0.378 e. The van der Waals surface area contributed by atoms with Crippen LogP contribution in [0, 0.1) is 0 Å². The Bertz CT molecular complexity index is 625. The second-order valence-corrected chi connectivity index (χ2v) is 5.14. The summed E-state index contributed by atoms with van der Waals surface area (Å²) in [5.74, 6) is 0.634. The number of amides is 1. The molecular formula is C17H19N3O2. The number of anilines is 1. The van der Waals surface area contributed by atoms with E-state index in [1.165, 1.54) is 0 Å². The molecule has 0 bridgehead atoms. The standard InChI is InChI=1S/C17H19N3O2/c21-17(19-13-14-5-2-1-3-6-14)15-7-4-8-18-16(15)20-9-11-22-12-10-20/h1-8H,9-13H2,(H,19,21). The molecule has 0 saturated carbocycles. The van der Waals surface area contributed by atoms with Crippen molar-refractivity contribution in [2.24, 2.45) is 0 Å². The van der Waals surface area contributed by atoms with Gasteiger partial charge in [-0.25, -0.2) is 4.98 Å². The minimum absolute atomic E-state index is 0.0987. The van der Waals surface area contributed by atoms with E-state index in [0.717, 1.165) is 24.5 Å². The molecule has 5 nitrogen and oxygen atoms in total. The summed E-state index contributed by atoms with van der Waals surface area (Å²) in [4.78, 5) is 19.0. The molecule has 22 heavy (non-hydrogen) atoms. The molecule has 1 aliphatic rings. The van der Waals surface area contributed by atoms with Gasteiger partial charge in [-0.3, -0.25) is 4.79 Å². The highest BCUT2D eigenvalue weighted by Crippen LogP contribution is 2.18. The van der Waals surface area contributed by atoms with Crippen LogP contribution in [0.3, 0.4) is 0 Å². The number of pyridine rings is 1. The van der Waals surface area contributed by atoms with Crippen molar-refractivity contribution in [2.45, 2.75) is 6.54 Å². The van der Waals surface area contributed by atoms with Crippen molar-refractivity contribution in [3.05, 3.63) is 59.8 Å². The Morgan fingerprint density at radius 1 is 1.14 bits per heavy atom. The van der Waals surface area contributed by atoms with Gasteiger partial charge in [0.15, 0.2) is 0 Å². The van der Waals surface area contributed by atoms with Gasteiger partial charge < -0.3 is 15.0 Å². The van der Waals surface area contributed by atoms with Gasteiger partial charge in [0.25, 0.3) is 5.91 Å². The van der Waals surface area contributed by atoms with Crippen LogP contribution in [0.5, 0.6) is 0 Å². The molecule has 0 unspecified atom stereocenters. The van der Waals surface area contributed by atoms with Gasteiger partial charge in [0, 0.05) is 25.8 Å². The summed E-state index contributed by atoms with van der Waals surface area (Å²) in [6.07, 6.45) is 1.72. The first-order valence-corrected chi connectivity index (χ1v) is 7.44. The molecule has 1 aliphatic heterocycles. The van der Waals surface area contributed by atoms with E-state index in [9.17, 15) is 4.79 Å². The first kappa shape index (κ1) is 14.5. The highest BCUT2D eigenvalue weighted by atomic mass is 16.5. The summed E-state index contributed by atoms with van der Waals surface area (Å²) in [6, 6.07) is 13.5. The van der Waals surface area contributed by atoms with E-state index < -0.39 is 0 Å². The van der Waals surface area contributed by atoms with Gasteiger partial charge in [-0.05, 0) is 17.7 Å². The molecule has 1 amide bonds. The molecule has 1 saturated heterocycles. The van der Waals surface area contributed by atoms with Gasteiger partial charge in [-0.2, -0.15) is 0 Å². The molecule has 1 N–H and O–H groups in total. The van der Waals surface area contributed by atoms with Crippen molar-refractivity contribution in [1.29, 1.82) is 0 Å². The third kappa shape index (κ3) is 3.43. The monoisotopic (exact) mass is 297 g/mol. The maximum absolute atomic E-state index is 12.5. The fraction of sp³-hybridized carbons (Fsp3) is 0.294. The highest BCUT2D eigenvalue weighted by Gasteiger charge is 2.19. The zero-order valence-electron chi connectivity index (χ0n) is 12.4. The molecule has 1 aromatic heterocycles. The Kier molecular flexibility index (Phi) is 4.65. The van der Waals surface area contributed by atoms with Crippen LogP contribution in [0.2, 0.25) is 0 Å². The van der Waals surface area contributed by atoms with E-state index in [1.807, 2.05) is 36.4 Å². The summed E-state index contributed by atoms with van der Waals surface area (Å²) >= 11 is 0. The molecule has 0 radical (unpaired) electrons. The van der Waals surface area contributed by atoms with Crippen molar-refractivity contribution >= 4 is 11.7 Å². The predicted molar refractivity (Wildman–Crippen MR) is 84.9 cm³/mol. The number of benzene rings is 1. The van der Waals surface area contributed by atoms with Crippen LogP contribution < -0.4 is 10.2 Å². The van der Waals surface area contributed by atoms with E-state index in [-0.39, 0.29) is 5.91 Å². The average molecular weight is 297 g/mol. The van der Waals surface area contributed by atoms with Gasteiger partial charge in [0.05, 0.1) is 18.8 Å². The first-order chi connectivity index (χ1) is 10.8. The van der Waals surface area contributed by atoms with E-state index in [0.29, 0.717) is 25.3 Å². The molecule has 2 aromatic rings. The van der Waals surface area contributed by atoms with Crippen molar-refractivity contribution < 1.29 is 9.53 Å². The third-order valence-corrected chi connectivity index (χ3v) is 3.64. The molecule has 3 rings (SSSR count). The van der Waals surface area contributed by atoms with Crippen molar-refractivity contribution in [3.63, 3.8) is 0 Å². The lowest BCUT2D eigenvalue weighted by molar-refractivity contribution is 0.0949. The highest BCUT2D eigenvalue weighted by molar-refractivity contribution is 5.98. The molecule has 0 atom stereocenters. The van der Waals surface area contributed by atoms with Gasteiger partial charge >= 0.3 is 0 Å². The normalized spacial score (nSPS) is 14.6. The second kappa shape index (κ2) is 7.04. The van der Waals surface area contributed by atoms with E-state index in [1.54, 1.807) is 12.3 Å². The van der Waals surface area contributed by atoms with Crippen LogP contribution in [0.1, 0.15) is 15.9 Å². The summed E-state index contributed by atoms with van der Waals surface area (Å²) in [5, 5.41) is 2.96. The van der Waals surface area contributed by atoms with Crippen LogP contribution in [0.4, 0.5) is 5.82 Å². The van der Waals surface area contributed by atoms with Crippen molar-refractivity contribution in [3.8, 4) is 0 Å². The average Bonchev–Trinajstić information content (AvgIpc) is 2.61. The quantitative estimate of drug-likeness (QED) is 0.936. The second-order valence-electron chi connectivity index (χ2n) is 5.14. The van der Waals surface area contributed by atoms with E-state index in [4.69, 9.17) is 4.74 Å². The number of hydrogen-bond acceptors (Lipinski definition) is 4. The number of nitrogens with zero attached hydrogens (tertiary/aromatic N) is 2. The zero-order valence-corrected chi connectivity index (χ0v) is 12.4. The minimum atomic E-state index is -0.0987. The molecule has 0 aliphatic carbocycles. The van der Waals surface area contributed by atoms with Gasteiger partial charge in [0.1, 0.15) is 5.82 Å². The lowest BCUT2D eigenvalue weighted by Crippen LogP contribution is -2.38. The number of ether oxygens (including phenoxy) is 1. The summed E-state index contributed by atoms with van der Waals surface area (Å²) in [7, 11) is 0. The fourth-order valence-electron chi connectivity index (χ4n) is 2.47. The minimum Gasteiger partial charge on any atom is -0.378 e. The molecule has 1 aromatic carbocycles. The molecule has 5 heteroatoms. The molecule has 2 heterocycles. The van der Waals surface area contributed by atoms with Crippen LogP contribution >= 0.6 is 0 Å². The number of carbonyl (C=O) groups is 1. The Hall–Kier alpha value is -2.40.